The lowest BCUT2D eigenvalue weighted by molar-refractivity contribution is -0.132. The van der Waals surface area contributed by atoms with Gasteiger partial charge in [0.15, 0.2) is 5.16 Å². The maximum Gasteiger partial charge on any atom is 0.222 e. The van der Waals surface area contributed by atoms with E-state index in [1.54, 1.807) is 11.8 Å². The van der Waals surface area contributed by atoms with E-state index in [2.05, 4.69) is 40.3 Å². The molecule has 1 heterocycles. The number of hydrogen-bond donors (Lipinski definition) is 0. The van der Waals surface area contributed by atoms with Crippen molar-refractivity contribution in [3.63, 3.8) is 0 Å². The van der Waals surface area contributed by atoms with Crippen molar-refractivity contribution >= 4 is 17.7 Å². The summed E-state index contributed by atoms with van der Waals surface area (Å²) in [5.74, 6) is 0.870. The third kappa shape index (κ3) is 4.93. The summed E-state index contributed by atoms with van der Waals surface area (Å²) in [7, 11) is 1.98. The van der Waals surface area contributed by atoms with E-state index in [1.807, 2.05) is 32.1 Å². The Morgan fingerprint density at radius 1 is 1.07 bits per heavy atom. The monoisotopic (exact) mass is 397 g/mol. The van der Waals surface area contributed by atoms with Gasteiger partial charge in [-0.3, -0.25) is 4.79 Å². The van der Waals surface area contributed by atoms with Crippen LogP contribution >= 0.6 is 11.8 Å². The number of rotatable bonds is 6. The summed E-state index contributed by atoms with van der Waals surface area (Å²) in [6, 6.07) is 11.1. The van der Waals surface area contributed by atoms with Gasteiger partial charge in [0, 0.05) is 30.9 Å². The molecule has 0 saturated heterocycles. The van der Waals surface area contributed by atoms with Crippen LogP contribution in [0.5, 0.6) is 0 Å². The molecule has 0 unspecified atom stereocenters. The summed E-state index contributed by atoms with van der Waals surface area (Å²) in [4.78, 5) is 23.8. The van der Waals surface area contributed by atoms with Crippen molar-refractivity contribution in [2.45, 2.75) is 69.5 Å². The molecule has 1 aliphatic carbocycles. The van der Waals surface area contributed by atoms with Crippen molar-refractivity contribution < 1.29 is 4.79 Å². The second-order valence-electron chi connectivity index (χ2n) is 7.78. The molecule has 0 bridgehead atoms. The van der Waals surface area contributed by atoms with Crippen LogP contribution in [0.2, 0.25) is 0 Å². The number of hydrogen-bond acceptors (Lipinski definition) is 4. The number of thioether (sulfide) groups is 1. The minimum atomic E-state index is 0.232. The number of nitrogens with zero attached hydrogens (tertiary/aromatic N) is 3. The first kappa shape index (κ1) is 20.8. The van der Waals surface area contributed by atoms with Crippen LogP contribution in [-0.2, 0) is 11.2 Å². The van der Waals surface area contributed by atoms with Gasteiger partial charge in [-0.15, -0.1) is 0 Å². The van der Waals surface area contributed by atoms with Gasteiger partial charge in [-0.25, -0.2) is 9.97 Å². The zero-order chi connectivity index (χ0) is 20.1. The lowest BCUT2D eigenvalue weighted by Crippen LogP contribution is -2.39. The maximum atomic E-state index is 12.8. The van der Waals surface area contributed by atoms with E-state index >= 15 is 0 Å². The van der Waals surface area contributed by atoms with Crippen molar-refractivity contribution in [3.8, 4) is 0 Å². The first-order valence-electron chi connectivity index (χ1n) is 10.2. The predicted octanol–water partition coefficient (Wildman–Crippen LogP) is 4.93. The molecule has 1 aromatic carbocycles. The third-order valence-electron chi connectivity index (χ3n) is 6.08. The van der Waals surface area contributed by atoms with Crippen molar-refractivity contribution in [3.05, 3.63) is 52.8 Å². The maximum absolute atomic E-state index is 12.8. The molecule has 1 amide bonds. The SMILES string of the molecule is CSc1nc(C)c(CCC(=O)N(C)C2CCC(c3ccccc3)CC2)c(C)n1. The Hall–Kier alpha value is -1.88. The van der Waals surface area contributed by atoms with Gasteiger partial charge in [-0.05, 0) is 69.3 Å². The molecule has 3 rings (SSSR count). The summed E-state index contributed by atoms with van der Waals surface area (Å²) < 4.78 is 0. The highest BCUT2D eigenvalue weighted by Crippen LogP contribution is 2.34. The van der Waals surface area contributed by atoms with E-state index < -0.39 is 0 Å². The normalized spacial score (nSPS) is 19.4. The average molecular weight is 398 g/mol. The molecule has 0 spiro atoms. The Balaban J connectivity index is 1.53. The molecule has 0 N–H and O–H groups in total. The second kappa shape index (κ2) is 9.55. The minimum Gasteiger partial charge on any atom is -0.343 e. The van der Waals surface area contributed by atoms with E-state index in [9.17, 15) is 4.79 Å². The number of aromatic nitrogens is 2. The molecule has 0 atom stereocenters. The Morgan fingerprint density at radius 2 is 1.68 bits per heavy atom. The standard InChI is InChI=1S/C23H31N3OS/c1-16-21(17(2)25-23(24-16)28-4)14-15-22(27)26(3)20-12-10-19(11-13-20)18-8-6-5-7-9-18/h5-9,19-20H,10-15H2,1-4H3. The molecule has 1 saturated carbocycles. The molecule has 4 nitrogen and oxygen atoms in total. The van der Waals surface area contributed by atoms with Crippen LogP contribution in [0.25, 0.3) is 0 Å². The minimum absolute atomic E-state index is 0.232. The molecule has 1 aromatic heterocycles. The van der Waals surface area contributed by atoms with Crippen LogP contribution in [0.3, 0.4) is 0 Å². The van der Waals surface area contributed by atoms with Gasteiger partial charge in [0.05, 0.1) is 0 Å². The lowest BCUT2D eigenvalue weighted by atomic mass is 9.81. The van der Waals surface area contributed by atoms with E-state index in [0.29, 0.717) is 18.4 Å². The van der Waals surface area contributed by atoms with E-state index in [-0.39, 0.29) is 5.91 Å². The number of carbonyl (C=O) groups is 1. The van der Waals surface area contributed by atoms with Gasteiger partial charge in [0.25, 0.3) is 0 Å². The first-order valence-corrected chi connectivity index (χ1v) is 11.4. The molecule has 2 aromatic rings. The molecule has 1 aliphatic rings. The highest BCUT2D eigenvalue weighted by molar-refractivity contribution is 7.98. The fourth-order valence-electron chi connectivity index (χ4n) is 4.30. The molecule has 0 radical (unpaired) electrons. The Kier molecular flexibility index (Phi) is 7.11. The van der Waals surface area contributed by atoms with Gasteiger partial charge >= 0.3 is 0 Å². The number of aryl methyl sites for hydroxylation is 2. The predicted molar refractivity (Wildman–Crippen MR) is 116 cm³/mol. The molecule has 0 aliphatic heterocycles. The van der Waals surface area contributed by atoms with Crippen LogP contribution in [0.15, 0.2) is 35.5 Å². The quantitative estimate of drug-likeness (QED) is 0.512. The van der Waals surface area contributed by atoms with Crippen LogP contribution in [-0.4, -0.2) is 40.1 Å². The van der Waals surface area contributed by atoms with Crippen LogP contribution in [0.1, 0.15) is 60.5 Å². The molecule has 28 heavy (non-hydrogen) atoms. The van der Waals surface area contributed by atoms with Gasteiger partial charge in [-0.1, -0.05) is 42.1 Å². The van der Waals surface area contributed by atoms with E-state index in [0.717, 1.165) is 54.2 Å². The first-order chi connectivity index (χ1) is 13.5. The summed E-state index contributed by atoms with van der Waals surface area (Å²) >= 11 is 1.55. The summed E-state index contributed by atoms with van der Waals surface area (Å²) in [6.07, 6.45) is 7.73. The average Bonchev–Trinajstić information content (AvgIpc) is 2.73. The zero-order valence-electron chi connectivity index (χ0n) is 17.4. The Bertz CT molecular complexity index is 778. The summed E-state index contributed by atoms with van der Waals surface area (Å²) in [6.45, 7) is 4.03. The van der Waals surface area contributed by atoms with Gasteiger partial charge in [0.1, 0.15) is 0 Å². The van der Waals surface area contributed by atoms with Crippen LogP contribution in [0, 0.1) is 13.8 Å². The third-order valence-corrected chi connectivity index (χ3v) is 6.63. The molecule has 150 valence electrons. The Morgan fingerprint density at radius 3 is 2.25 bits per heavy atom. The molecule has 1 fully saturated rings. The number of amides is 1. The number of carbonyl (C=O) groups excluding carboxylic acids is 1. The lowest BCUT2D eigenvalue weighted by Gasteiger charge is -2.35. The fourth-order valence-corrected chi connectivity index (χ4v) is 4.75. The topological polar surface area (TPSA) is 46.1 Å². The van der Waals surface area contributed by atoms with Gasteiger partial charge in [-0.2, -0.15) is 0 Å². The van der Waals surface area contributed by atoms with Crippen molar-refractivity contribution in [1.29, 1.82) is 0 Å². The smallest absolute Gasteiger partial charge is 0.222 e. The largest absolute Gasteiger partial charge is 0.343 e. The van der Waals surface area contributed by atoms with Crippen molar-refractivity contribution in [2.24, 2.45) is 0 Å². The highest BCUT2D eigenvalue weighted by Gasteiger charge is 2.27. The molecular weight excluding hydrogens is 366 g/mol. The molecular formula is C23H31N3OS. The van der Waals surface area contributed by atoms with E-state index in [4.69, 9.17) is 0 Å². The highest BCUT2D eigenvalue weighted by atomic mass is 32.2. The van der Waals surface area contributed by atoms with Crippen molar-refractivity contribution in [2.75, 3.05) is 13.3 Å². The number of benzene rings is 1. The fraction of sp³-hybridized carbons (Fsp3) is 0.522. The van der Waals surface area contributed by atoms with E-state index in [1.165, 1.54) is 5.56 Å². The zero-order valence-corrected chi connectivity index (χ0v) is 18.3. The van der Waals surface area contributed by atoms with Gasteiger partial charge in [0.2, 0.25) is 5.91 Å². The summed E-state index contributed by atoms with van der Waals surface area (Å²) in [5.41, 5.74) is 4.55. The molecule has 5 heteroatoms. The summed E-state index contributed by atoms with van der Waals surface area (Å²) in [5, 5.41) is 0.803. The van der Waals surface area contributed by atoms with Crippen LogP contribution in [0.4, 0.5) is 0 Å². The van der Waals surface area contributed by atoms with Crippen molar-refractivity contribution in [1.82, 2.24) is 14.9 Å². The van der Waals surface area contributed by atoms with Crippen LogP contribution < -0.4 is 0 Å². The second-order valence-corrected chi connectivity index (χ2v) is 8.55. The van der Waals surface area contributed by atoms with Gasteiger partial charge < -0.3 is 4.90 Å². The Labute approximate surface area is 173 Å².